The van der Waals surface area contributed by atoms with Gasteiger partial charge in [-0.05, 0) is 35.8 Å². The number of hydrogen-bond acceptors (Lipinski definition) is 3. The van der Waals surface area contributed by atoms with E-state index in [9.17, 15) is 4.79 Å². The summed E-state index contributed by atoms with van der Waals surface area (Å²) in [6.45, 7) is 3.97. The summed E-state index contributed by atoms with van der Waals surface area (Å²) in [4.78, 5) is 12.1. The van der Waals surface area contributed by atoms with Gasteiger partial charge in [-0.1, -0.05) is 0 Å². The first-order valence-corrected chi connectivity index (χ1v) is 5.97. The summed E-state index contributed by atoms with van der Waals surface area (Å²) in [5.41, 5.74) is 5.32. The molecule has 1 atom stereocenters. The molecule has 0 saturated carbocycles. The van der Waals surface area contributed by atoms with Gasteiger partial charge in [-0.2, -0.15) is 0 Å². The summed E-state index contributed by atoms with van der Waals surface area (Å²) < 4.78 is 0.981. The predicted molar refractivity (Wildman–Crippen MR) is 62.2 cm³/mol. The van der Waals surface area contributed by atoms with E-state index in [-0.39, 0.29) is 18.0 Å². The lowest BCUT2D eigenvalue weighted by Gasteiger charge is -2.16. The van der Waals surface area contributed by atoms with Gasteiger partial charge in [0.15, 0.2) is 0 Å². The number of nitrogens with two attached hydrogens (primary N) is 1. The standard InChI is InChI=1S/C9H13BrN2OS/c1-5(2)12-8(9(11)13)7-3-6(10)4-14-7/h3-5,8,12H,1-2H3,(H2,11,13). The number of halogens is 1. The molecule has 1 unspecified atom stereocenters. The number of primary amides is 1. The molecule has 0 radical (unpaired) electrons. The van der Waals surface area contributed by atoms with Gasteiger partial charge in [-0.3, -0.25) is 10.1 Å². The quantitative estimate of drug-likeness (QED) is 0.884. The molecule has 3 nitrogen and oxygen atoms in total. The van der Waals surface area contributed by atoms with Crippen molar-refractivity contribution >= 4 is 33.2 Å². The average Bonchev–Trinajstić information content (AvgIpc) is 2.46. The van der Waals surface area contributed by atoms with Gasteiger partial charge in [0.1, 0.15) is 6.04 Å². The van der Waals surface area contributed by atoms with Crippen LogP contribution in [0.5, 0.6) is 0 Å². The zero-order valence-electron chi connectivity index (χ0n) is 8.08. The van der Waals surface area contributed by atoms with Crippen LogP contribution in [0.15, 0.2) is 15.9 Å². The van der Waals surface area contributed by atoms with Crippen LogP contribution in [0.2, 0.25) is 0 Å². The van der Waals surface area contributed by atoms with E-state index in [1.807, 2.05) is 25.3 Å². The van der Waals surface area contributed by atoms with Gasteiger partial charge in [0, 0.05) is 20.8 Å². The molecule has 3 N–H and O–H groups in total. The van der Waals surface area contributed by atoms with Crippen LogP contribution in [-0.4, -0.2) is 11.9 Å². The molecule has 1 heterocycles. The second-order valence-corrected chi connectivity index (χ2v) is 5.18. The maximum absolute atomic E-state index is 11.2. The Kier molecular flexibility index (Phi) is 4.10. The second-order valence-electron chi connectivity index (χ2n) is 3.32. The van der Waals surface area contributed by atoms with Gasteiger partial charge < -0.3 is 5.73 Å². The van der Waals surface area contributed by atoms with Crippen LogP contribution in [-0.2, 0) is 4.79 Å². The maximum atomic E-state index is 11.2. The highest BCUT2D eigenvalue weighted by molar-refractivity contribution is 9.10. The smallest absolute Gasteiger partial charge is 0.240 e. The minimum atomic E-state index is -0.383. The third-order valence-electron chi connectivity index (χ3n) is 1.66. The summed E-state index contributed by atoms with van der Waals surface area (Å²) in [5.74, 6) is -0.340. The van der Waals surface area contributed by atoms with Crippen molar-refractivity contribution in [2.24, 2.45) is 5.73 Å². The van der Waals surface area contributed by atoms with E-state index >= 15 is 0 Å². The van der Waals surface area contributed by atoms with E-state index in [2.05, 4.69) is 21.2 Å². The summed E-state index contributed by atoms with van der Waals surface area (Å²) in [5, 5.41) is 5.06. The molecule has 78 valence electrons. The topological polar surface area (TPSA) is 55.1 Å². The van der Waals surface area contributed by atoms with Crippen LogP contribution in [0.25, 0.3) is 0 Å². The van der Waals surface area contributed by atoms with E-state index in [4.69, 9.17) is 5.73 Å². The lowest BCUT2D eigenvalue weighted by atomic mass is 10.2. The Hall–Kier alpha value is -0.390. The number of carbonyl (C=O) groups excluding carboxylic acids is 1. The third-order valence-corrected chi connectivity index (χ3v) is 3.42. The van der Waals surface area contributed by atoms with Crippen molar-refractivity contribution in [3.05, 3.63) is 20.8 Å². The van der Waals surface area contributed by atoms with Gasteiger partial charge in [0.05, 0.1) is 0 Å². The predicted octanol–water partition coefficient (Wildman–Crippen LogP) is 2.04. The Bertz CT molecular complexity index is 324. The van der Waals surface area contributed by atoms with Crippen molar-refractivity contribution in [2.75, 3.05) is 0 Å². The largest absolute Gasteiger partial charge is 0.368 e. The van der Waals surface area contributed by atoms with E-state index in [0.29, 0.717) is 0 Å². The second kappa shape index (κ2) is 4.91. The number of carbonyl (C=O) groups is 1. The van der Waals surface area contributed by atoms with Crippen molar-refractivity contribution in [3.63, 3.8) is 0 Å². The Morgan fingerprint density at radius 2 is 2.29 bits per heavy atom. The number of nitrogens with one attached hydrogen (secondary N) is 1. The molecule has 0 fully saturated rings. The minimum absolute atomic E-state index is 0.230. The van der Waals surface area contributed by atoms with E-state index in [1.54, 1.807) is 0 Å². The molecule has 0 aliphatic heterocycles. The highest BCUT2D eigenvalue weighted by atomic mass is 79.9. The average molecular weight is 277 g/mol. The molecule has 0 aliphatic carbocycles. The van der Waals surface area contributed by atoms with Crippen molar-refractivity contribution in [3.8, 4) is 0 Å². The molecule has 1 rings (SSSR count). The number of rotatable bonds is 4. The lowest BCUT2D eigenvalue weighted by molar-refractivity contribution is -0.120. The molecule has 0 bridgehead atoms. The highest BCUT2D eigenvalue weighted by Crippen LogP contribution is 2.25. The minimum Gasteiger partial charge on any atom is -0.368 e. The molecule has 14 heavy (non-hydrogen) atoms. The zero-order chi connectivity index (χ0) is 10.7. The SMILES string of the molecule is CC(C)NC(C(N)=O)c1cc(Br)cs1. The van der Waals surface area contributed by atoms with Crippen molar-refractivity contribution < 1.29 is 4.79 Å². The van der Waals surface area contributed by atoms with Crippen LogP contribution in [0.3, 0.4) is 0 Å². The molecule has 0 spiro atoms. The fraction of sp³-hybridized carbons (Fsp3) is 0.444. The van der Waals surface area contributed by atoms with E-state index in [1.165, 1.54) is 11.3 Å². The number of amides is 1. The van der Waals surface area contributed by atoms with Crippen molar-refractivity contribution in [1.82, 2.24) is 5.32 Å². The molecular weight excluding hydrogens is 264 g/mol. The van der Waals surface area contributed by atoms with Crippen LogP contribution < -0.4 is 11.1 Å². The Labute approximate surface area is 95.8 Å². The van der Waals surface area contributed by atoms with Gasteiger partial charge in [-0.15, -0.1) is 11.3 Å². The van der Waals surface area contributed by atoms with Gasteiger partial charge in [0.25, 0.3) is 0 Å². The first-order valence-electron chi connectivity index (χ1n) is 4.30. The molecule has 1 aromatic heterocycles. The maximum Gasteiger partial charge on any atom is 0.240 e. The molecular formula is C9H13BrN2OS. The molecule has 1 aromatic rings. The highest BCUT2D eigenvalue weighted by Gasteiger charge is 2.19. The normalized spacial score (nSPS) is 13.1. The Balaban J connectivity index is 2.83. The first kappa shape index (κ1) is 11.7. The molecule has 0 aromatic carbocycles. The molecule has 0 aliphatic rings. The summed E-state index contributed by atoms with van der Waals surface area (Å²) >= 11 is 4.86. The number of thiophene rings is 1. The molecule has 0 saturated heterocycles. The van der Waals surface area contributed by atoms with Crippen molar-refractivity contribution in [1.29, 1.82) is 0 Å². The fourth-order valence-electron chi connectivity index (χ4n) is 1.12. The Morgan fingerprint density at radius 3 is 2.64 bits per heavy atom. The summed E-state index contributed by atoms with van der Waals surface area (Å²) in [7, 11) is 0. The first-order chi connectivity index (χ1) is 6.50. The summed E-state index contributed by atoms with van der Waals surface area (Å²) in [6.07, 6.45) is 0. The zero-order valence-corrected chi connectivity index (χ0v) is 10.5. The van der Waals surface area contributed by atoms with E-state index in [0.717, 1.165) is 9.35 Å². The van der Waals surface area contributed by atoms with E-state index < -0.39 is 0 Å². The molecule has 1 amide bonds. The fourth-order valence-corrected chi connectivity index (χ4v) is 2.63. The Morgan fingerprint density at radius 1 is 1.64 bits per heavy atom. The van der Waals surface area contributed by atoms with Crippen molar-refractivity contribution in [2.45, 2.75) is 25.9 Å². The number of hydrogen-bond donors (Lipinski definition) is 2. The summed E-state index contributed by atoms with van der Waals surface area (Å²) in [6, 6.07) is 1.76. The molecule has 5 heteroatoms. The van der Waals surface area contributed by atoms with Crippen LogP contribution >= 0.6 is 27.3 Å². The van der Waals surface area contributed by atoms with Gasteiger partial charge in [0.2, 0.25) is 5.91 Å². The van der Waals surface area contributed by atoms with Gasteiger partial charge in [-0.25, -0.2) is 0 Å². The van der Waals surface area contributed by atoms with Gasteiger partial charge >= 0.3 is 0 Å². The monoisotopic (exact) mass is 276 g/mol. The lowest BCUT2D eigenvalue weighted by Crippen LogP contribution is -2.36. The third kappa shape index (κ3) is 3.08. The van der Waals surface area contributed by atoms with Crippen LogP contribution in [0.1, 0.15) is 24.8 Å². The van der Waals surface area contributed by atoms with Crippen LogP contribution in [0, 0.1) is 0 Å². The van der Waals surface area contributed by atoms with Crippen LogP contribution in [0.4, 0.5) is 0 Å².